The highest BCUT2D eigenvalue weighted by atomic mass is 35.5. The number of benzene rings is 2. The first-order valence-electron chi connectivity index (χ1n) is 6.70. The van der Waals surface area contributed by atoms with E-state index in [0.717, 1.165) is 0 Å². The second-order valence-corrected chi connectivity index (χ2v) is 5.41. The van der Waals surface area contributed by atoms with Crippen molar-refractivity contribution in [1.82, 2.24) is 0 Å². The quantitative estimate of drug-likeness (QED) is 0.719. The molecule has 0 radical (unpaired) electrons. The maximum atomic E-state index is 10.8. The number of hydrogen-bond acceptors (Lipinski definition) is 4. The van der Waals surface area contributed by atoms with E-state index in [-0.39, 0.29) is 34.4 Å². The van der Waals surface area contributed by atoms with Gasteiger partial charge in [-0.1, -0.05) is 23.2 Å². The highest BCUT2D eigenvalue weighted by molar-refractivity contribution is 6.32. The van der Waals surface area contributed by atoms with Gasteiger partial charge in [-0.15, -0.1) is 0 Å². The van der Waals surface area contributed by atoms with Crippen molar-refractivity contribution in [1.29, 1.82) is 0 Å². The SMILES string of the molecule is O=C(O)c1ccc(OCCOc2ccc(C(=O)O)cc2Cl)c(Cl)c1. The van der Waals surface area contributed by atoms with E-state index in [1.807, 2.05) is 0 Å². The summed E-state index contributed by atoms with van der Waals surface area (Å²) in [5.41, 5.74) is 0.128. The van der Waals surface area contributed by atoms with Crippen molar-refractivity contribution in [3.8, 4) is 11.5 Å². The summed E-state index contributed by atoms with van der Waals surface area (Å²) in [4.78, 5) is 21.6. The van der Waals surface area contributed by atoms with E-state index in [9.17, 15) is 9.59 Å². The van der Waals surface area contributed by atoms with Gasteiger partial charge in [0.1, 0.15) is 24.7 Å². The normalized spacial score (nSPS) is 10.2. The van der Waals surface area contributed by atoms with Crippen LogP contribution in [0.4, 0.5) is 0 Å². The summed E-state index contributed by atoms with van der Waals surface area (Å²) >= 11 is 11.9. The average Bonchev–Trinajstić information content (AvgIpc) is 2.53. The highest BCUT2D eigenvalue weighted by Crippen LogP contribution is 2.27. The van der Waals surface area contributed by atoms with E-state index in [2.05, 4.69) is 0 Å². The van der Waals surface area contributed by atoms with Gasteiger partial charge in [-0.25, -0.2) is 9.59 Å². The molecule has 0 heterocycles. The minimum atomic E-state index is -1.08. The van der Waals surface area contributed by atoms with Crippen LogP contribution in [0.3, 0.4) is 0 Å². The Bertz CT molecular complexity index is 710. The number of carbonyl (C=O) groups is 2. The van der Waals surface area contributed by atoms with E-state index >= 15 is 0 Å². The van der Waals surface area contributed by atoms with Gasteiger partial charge in [-0.2, -0.15) is 0 Å². The molecular formula is C16H12Cl2O6. The molecule has 0 aliphatic rings. The van der Waals surface area contributed by atoms with Crippen molar-refractivity contribution in [3.63, 3.8) is 0 Å². The van der Waals surface area contributed by atoms with Crippen LogP contribution in [0.1, 0.15) is 20.7 Å². The van der Waals surface area contributed by atoms with Crippen LogP contribution in [0.2, 0.25) is 10.0 Å². The first-order chi connectivity index (χ1) is 11.4. The maximum absolute atomic E-state index is 10.8. The molecule has 0 aromatic heterocycles. The predicted octanol–water partition coefficient (Wildman–Crippen LogP) is 3.85. The Balaban J connectivity index is 1.89. The molecule has 0 saturated heterocycles. The van der Waals surface area contributed by atoms with Crippen LogP contribution in [-0.2, 0) is 0 Å². The molecule has 0 bridgehead atoms. The number of rotatable bonds is 7. The Morgan fingerprint density at radius 2 is 1.17 bits per heavy atom. The molecule has 0 saturated carbocycles. The molecule has 0 atom stereocenters. The molecule has 2 rings (SSSR count). The minimum absolute atomic E-state index is 0.0638. The van der Waals surface area contributed by atoms with Gasteiger partial charge in [0, 0.05) is 0 Å². The largest absolute Gasteiger partial charge is 0.488 e. The fourth-order valence-corrected chi connectivity index (χ4v) is 2.28. The third-order valence-electron chi connectivity index (χ3n) is 2.96. The lowest BCUT2D eigenvalue weighted by Crippen LogP contribution is -2.10. The minimum Gasteiger partial charge on any atom is -0.488 e. The van der Waals surface area contributed by atoms with Gasteiger partial charge in [-0.3, -0.25) is 0 Å². The lowest BCUT2D eigenvalue weighted by atomic mass is 10.2. The van der Waals surface area contributed by atoms with Crippen LogP contribution >= 0.6 is 23.2 Å². The molecule has 0 unspecified atom stereocenters. The summed E-state index contributed by atoms with van der Waals surface area (Å²) in [5.74, 6) is -1.49. The first kappa shape index (κ1) is 17.9. The second-order valence-electron chi connectivity index (χ2n) is 4.60. The van der Waals surface area contributed by atoms with Crippen molar-refractivity contribution < 1.29 is 29.3 Å². The summed E-state index contributed by atoms with van der Waals surface area (Å²) in [6, 6.07) is 8.27. The molecule has 126 valence electrons. The molecule has 0 amide bonds. The zero-order valence-electron chi connectivity index (χ0n) is 12.2. The summed E-state index contributed by atoms with van der Waals surface area (Å²) in [7, 11) is 0. The van der Waals surface area contributed by atoms with Crippen LogP contribution < -0.4 is 9.47 Å². The Kier molecular flexibility index (Phi) is 5.89. The lowest BCUT2D eigenvalue weighted by molar-refractivity contribution is 0.0686. The number of halogens is 2. The van der Waals surface area contributed by atoms with Gasteiger partial charge in [-0.05, 0) is 36.4 Å². The third-order valence-corrected chi connectivity index (χ3v) is 3.55. The van der Waals surface area contributed by atoms with E-state index in [1.54, 1.807) is 0 Å². The van der Waals surface area contributed by atoms with Crippen LogP contribution in [-0.4, -0.2) is 35.4 Å². The zero-order chi connectivity index (χ0) is 17.7. The van der Waals surface area contributed by atoms with Gasteiger partial charge >= 0.3 is 11.9 Å². The Morgan fingerprint density at radius 3 is 1.46 bits per heavy atom. The van der Waals surface area contributed by atoms with Crippen LogP contribution in [0.5, 0.6) is 11.5 Å². The third kappa shape index (κ3) is 4.53. The van der Waals surface area contributed by atoms with Crippen molar-refractivity contribution in [3.05, 3.63) is 57.6 Å². The fourth-order valence-electron chi connectivity index (χ4n) is 1.81. The van der Waals surface area contributed by atoms with Crippen LogP contribution in [0.15, 0.2) is 36.4 Å². The Morgan fingerprint density at radius 1 is 0.792 bits per heavy atom. The Labute approximate surface area is 147 Å². The molecule has 6 nitrogen and oxygen atoms in total. The van der Waals surface area contributed by atoms with Crippen molar-refractivity contribution in [2.45, 2.75) is 0 Å². The molecule has 2 aromatic rings. The lowest BCUT2D eigenvalue weighted by Gasteiger charge is -2.11. The molecular weight excluding hydrogens is 359 g/mol. The molecule has 0 aliphatic carbocycles. The van der Waals surface area contributed by atoms with Crippen LogP contribution in [0, 0.1) is 0 Å². The number of ether oxygens (including phenoxy) is 2. The second kappa shape index (κ2) is 7.90. The topological polar surface area (TPSA) is 93.1 Å². The highest BCUT2D eigenvalue weighted by Gasteiger charge is 2.09. The summed E-state index contributed by atoms with van der Waals surface area (Å²) < 4.78 is 10.8. The first-order valence-corrected chi connectivity index (χ1v) is 7.45. The van der Waals surface area contributed by atoms with Crippen molar-refractivity contribution >= 4 is 35.1 Å². The maximum Gasteiger partial charge on any atom is 0.335 e. The van der Waals surface area contributed by atoms with Gasteiger partial charge in [0.15, 0.2) is 0 Å². The van der Waals surface area contributed by atoms with Gasteiger partial charge in [0.05, 0.1) is 21.2 Å². The number of carboxylic acid groups (broad SMARTS) is 2. The number of carboxylic acids is 2. The van der Waals surface area contributed by atoms with Crippen molar-refractivity contribution in [2.24, 2.45) is 0 Å². The summed E-state index contributed by atoms with van der Waals surface area (Å²) in [5, 5.41) is 18.1. The van der Waals surface area contributed by atoms with Crippen molar-refractivity contribution in [2.75, 3.05) is 13.2 Å². The van der Waals surface area contributed by atoms with Gasteiger partial charge < -0.3 is 19.7 Å². The van der Waals surface area contributed by atoms with Gasteiger partial charge in [0.2, 0.25) is 0 Å². The molecule has 0 aliphatic heterocycles. The number of aromatic carboxylic acids is 2. The van der Waals surface area contributed by atoms with Crippen LogP contribution in [0.25, 0.3) is 0 Å². The number of hydrogen-bond donors (Lipinski definition) is 2. The Hall–Kier alpha value is -2.44. The smallest absolute Gasteiger partial charge is 0.335 e. The molecule has 24 heavy (non-hydrogen) atoms. The predicted molar refractivity (Wildman–Crippen MR) is 87.8 cm³/mol. The summed E-state index contributed by atoms with van der Waals surface area (Å²) in [6.45, 7) is 0.284. The monoisotopic (exact) mass is 370 g/mol. The standard InChI is InChI=1S/C16H12Cl2O6/c17-11-7-9(15(19)20)1-3-13(11)23-5-6-24-14-4-2-10(16(21)22)8-12(14)18/h1-4,7-8H,5-6H2,(H,19,20)(H,21,22). The molecule has 2 aromatic carbocycles. The zero-order valence-corrected chi connectivity index (χ0v) is 13.7. The summed E-state index contributed by atoms with van der Waals surface area (Å²) in [6.07, 6.45) is 0. The molecule has 8 heteroatoms. The van der Waals surface area contributed by atoms with Gasteiger partial charge in [0.25, 0.3) is 0 Å². The molecule has 2 N–H and O–H groups in total. The average molecular weight is 371 g/mol. The fraction of sp³-hybridized carbons (Fsp3) is 0.125. The van der Waals surface area contributed by atoms with E-state index in [1.165, 1.54) is 36.4 Å². The molecule has 0 fully saturated rings. The van der Waals surface area contributed by atoms with E-state index in [4.69, 9.17) is 42.9 Å². The molecule has 0 spiro atoms. The van der Waals surface area contributed by atoms with E-state index < -0.39 is 11.9 Å². The van der Waals surface area contributed by atoms with E-state index in [0.29, 0.717) is 11.5 Å².